The molecule has 2 aromatic carbocycles. The van der Waals surface area contributed by atoms with Crippen LogP contribution in [0.15, 0.2) is 24.3 Å². The van der Waals surface area contributed by atoms with E-state index in [1.54, 1.807) is 13.0 Å². The maximum Gasteiger partial charge on any atom is 0.308 e. The summed E-state index contributed by atoms with van der Waals surface area (Å²) in [6.07, 6.45) is -0.187. The number of fused-ring (bicyclic) bond motifs is 1. The molecule has 4 nitrogen and oxygen atoms in total. The molecular formula is C15H13FO4. The summed E-state index contributed by atoms with van der Waals surface area (Å²) in [4.78, 5) is 22.1. The van der Waals surface area contributed by atoms with Crippen LogP contribution in [-0.4, -0.2) is 17.0 Å². The molecular weight excluding hydrogens is 263 g/mol. The van der Waals surface area contributed by atoms with Gasteiger partial charge in [-0.1, -0.05) is 12.1 Å². The lowest BCUT2D eigenvalue weighted by atomic mass is 9.98. The van der Waals surface area contributed by atoms with Gasteiger partial charge in [-0.2, -0.15) is 0 Å². The van der Waals surface area contributed by atoms with Gasteiger partial charge in [-0.15, -0.1) is 0 Å². The van der Waals surface area contributed by atoms with Crippen LogP contribution in [0.5, 0.6) is 5.75 Å². The highest BCUT2D eigenvalue weighted by atomic mass is 19.1. The minimum absolute atomic E-state index is 0.187. The van der Waals surface area contributed by atoms with Gasteiger partial charge in [-0.25, -0.2) is 4.39 Å². The molecule has 0 unspecified atom stereocenters. The summed E-state index contributed by atoms with van der Waals surface area (Å²) in [5, 5.41) is 9.99. The second-order valence-corrected chi connectivity index (χ2v) is 4.52. The molecule has 0 radical (unpaired) electrons. The number of aliphatic carboxylic acids is 1. The number of carboxylic acid groups (broad SMARTS) is 1. The van der Waals surface area contributed by atoms with E-state index in [1.807, 2.05) is 0 Å². The largest absolute Gasteiger partial charge is 0.481 e. The summed E-state index contributed by atoms with van der Waals surface area (Å²) >= 11 is 0. The van der Waals surface area contributed by atoms with E-state index in [0.29, 0.717) is 21.9 Å². The molecule has 1 N–H and O–H groups in total. The van der Waals surface area contributed by atoms with E-state index in [9.17, 15) is 14.0 Å². The van der Waals surface area contributed by atoms with E-state index in [4.69, 9.17) is 9.84 Å². The number of rotatable bonds is 3. The molecule has 0 aromatic heterocycles. The second-order valence-electron chi connectivity index (χ2n) is 4.52. The number of hydrogen-bond acceptors (Lipinski definition) is 3. The van der Waals surface area contributed by atoms with Gasteiger partial charge in [0, 0.05) is 12.3 Å². The van der Waals surface area contributed by atoms with Gasteiger partial charge in [0.1, 0.15) is 11.6 Å². The Hall–Kier alpha value is -2.43. The molecule has 0 spiro atoms. The topological polar surface area (TPSA) is 63.6 Å². The number of carboxylic acids is 1. The van der Waals surface area contributed by atoms with Gasteiger partial charge in [0.05, 0.1) is 6.42 Å². The molecule has 0 aliphatic rings. The Morgan fingerprint density at radius 3 is 2.60 bits per heavy atom. The number of esters is 1. The Bertz CT molecular complexity index is 707. The summed E-state index contributed by atoms with van der Waals surface area (Å²) in [6.45, 7) is 2.90. The number of benzene rings is 2. The first kappa shape index (κ1) is 14.0. The molecule has 2 aromatic rings. The van der Waals surface area contributed by atoms with Gasteiger partial charge < -0.3 is 9.84 Å². The fourth-order valence-electron chi connectivity index (χ4n) is 2.12. The number of hydrogen-bond donors (Lipinski definition) is 1. The molecule has 0 atom stereocenters. The fourth-order valence-corrected chi connectivity index (χ4v) is 2.12. The van der Waals surface area contributed by atoms with Crippen LogP contribution < -0.4 is 4.74 Å². The van der Waals surface area contributed by atoms with Gasteiger partial charge in [0.15, 0.2) is 0 Å². The van der Waals surface area contributed by atoms with E-state index in [-0.39, 0.29) is 12.2 Å². The van der Waals surface area contributed by atoms with Crippen molar-refractivity contribution >= 4 is 22.7 Å². The van der Waals surface area contributed by atoms with Crippen molar-refractivity contribution in [1.82, 2.24) is 0 Å². The highest BCUT2D eigenvalue weighted by molar-refractivity contribution is 5.93. The lowest BCUT2D eigenvalue weighted by Gasteiger charge is -2.13. The standard InChI is InChI=1S/C15H13FO4/c1-8-11(6-14(18)19)5-10-3-4-12(16)7-13(10)15(8)20-9(2)17/h3-5,7H,6H2,1-2H3,(H,18,19). The second kappa shape index (κ2) is 5.28. The van der Waals surface area contributed by atoms with Crippen LogP contribution in [-0.2, 0) is 16.0 Å². The van der Waals surface area contributed by atoms with Gasteiger partial charge in [0.2, 0.25) is 0 Å². The molecule has 0 aliphatic heterocycles. The molecule has 0 saturated heterocycles. The lowest BCUT2D eigenvalue weighted by Crippen LogP contribution is -2.07. The maximum atomic E-state index is 13.4. The highest BCUT2D eigenvalue weighted by Crippen LogP contribution is 2.33. The SMILES string of the molecule is CC(=O)Oc1c(C)c(CC(=O)O)cc2ccc(F)cc12. The van der Waals surface area contributed by atoms with Gasteiger partial charge in [-0.3, -0.25) is 9.59 Å². The molecule has 0 bridgehead atoms. The number of carbonyl (C=O) groups excluding carboxylic acids is 1. The van der Waals surface area contributed by atoms with Crippen LogP contribution in [0.25, 0.3) is 10.8 Å². The van der Waals surface area contributed by atoms with Crippen molar-refractivity contribution in [3.05, 3.63) is 41.2 Å². The molecule has 5 heteroatoms. The van der Waals surface area contributed by atoms with Crippen LogP contribution in [0.2, 0.25) is 0 Å². The summed E-state index contributed by atoms with van der Waals surface area (Å²) in [5.74, 6) is -1.75. The zero-order chi connectivity index (χ0) is 14.9. The van der Waals surface area contributed by atoms with Gasteiger partial charge >= 0.3 is 11.9 Å². The number of ether oxygens (including phenoxy) is 1. The minimum Gasteiger partial charge on any atom is -0.481 e. The third kappa shape index (κ3) is 2.77. The zero-order valence-electron chi connectivity index (χ0n) is 11.1. The Kier molecular flexibility index (Phi) is 3.70. The summed E-state index contributed by atoms with van der Waals surface area (Å²) in [7, 11) is 0. The van der Waals surface area contributed by atoms with Crippen molar-refractivity contribution in [3.8, 4) is 5.75 Å². The van der Waals surface area contributed by atoms with E-state index >= 15 is 0 Å². The Balaban J connectivity index is 2.73. The van der Waals surface area contributed by atoms with Crippen molar-refractivity contribution in [2.45, 2.75) is 20.3 Å². The zero-order valence-corrected chi connectivity index (χ0v) is 11.1. The number of carbonyl (C=O) groups is 2. The van der Waals surface area contributed by atoms with Crippen molar-refractivity contribution < 1.29 is 23.8 Å². The molecule has 0 amide bonds. The van der Waals surface area contributed by atoms with Crippen LogP contribution in [0, 0.1) is 12.7 Å². The fraction of sp³-hybridized carbons (Fsp3) is 0.200. The average molecular weight is 276 g/mol. The van der Waals surface area contributed by atoms with Crippen LogP contribution >= 0.6 is 0 Å². The Labute approximate surface area is 114 Å². The van der Waals surface area contributed by atoms with E-state index in [0.717, 1.165) is 0 Å². The van der Waals surface area contributed by atoms with Crippen LogP contribution in [0.4, 0.5) is 4.39 Å². The quantitative estimate of drug-likeness (QED) is 0.691. The third-order valence-electron chi connectivity index (χ3n) is 3.00. The predicted molar refractivity (Wildman–Crippen MR) is 71.3 cm³/mol. The van der Waals surface area contributed by atoms with E-state index in [2.05, 4.69) is 0 Å². The highest BCUT2D eigenvalue weighted by Gasteiger charge is 2.15. The smallest absolute Gasteiger partial charge is 0.308 e. The number of halogens is 1. The first-order chi connectivity index (χ1) is 9.38. The summed E-state index contributed by atoms with van der Waals surface area (Å²) in [6, 6.07) is 5.75. The third-order valence-corrected chi connectivity index (χ3v) is 3.00. The summed E-state index contributed by atoms with van der Waals surface area (Å²) < 4.78 is 18.5. The van der Waals surface area contributed by atoms with Crippen LogP contribution in [0.1, 0.15) is 18.1 Å². The van der Waals surface area contributed by atoms with E-state index in [1.165, 1.54) is 25.1 Å². The molecule has 20 heavy (non-hydrogen) atoms. The Morgan fingerprint density at radius 1 is 1.30 bits per heavy atom. The maximum absolute atomic E-state index is 13.4. The first-order valence-electron chi connectivity index (χ1n) is 6.00. The monoisotopic (exact) mass is 276 g/mol. The van der Waals surface area contributed by atoms with Crippen molar-refractivity contribution in [3.63, 3.8) is 0 Å². The molecule has 2 rings (SSSR count). The molecule has 0 fully saturated rings. The van der Waals surface area contributed by atoms with E-state index < -0.39 is 17.8 Å². The normalized spacial score (nSPS) is 10.6. The molecule has 0 saturated carbocycles. The van der Waals surface area contributed by atoms with Crippen molar-refractivity contribution in [2.75, 3.05) is 0 Å². The average Bonchev–Trinajstić information content (AvgIpc) is 2.34. The van der Waals surface area contributed by atoms with Crippen molar-refractivity contribution in [1.29, 1.82) is 0 Å². The lowest BCUT2D eigenvalue weighted by molar-refractivity contribution is -0.136. The van der Waals surface area contributed by atoms with Gasteiger partial charge in [-0.05, 0) is 35.6 Å². The molecule has 0 aliphatic carbocycles. The van der Waals surface area contributed by atoms with Crippen molar-refractivity contribution in [2.24, 2.45) is 0 Å². The van der Waals surface area contributed by atoms with Crippen LogP contribution in [0.3, 0.4) is 0 Å². The molecule has 0 heterocycles. The first-order valence-corrected chi connectivity index (χ1v) is 6.00. The van der Waals surface area contributed by atoms with Gasteiger partial charge in [0.25, 0.3) is 0 Å². The summed E-state index contributed by atoms with van der Waals surface area (Å²) in [5.41, 5.74) is 1.06. The predicted octanol–water partition coefficient (Wildman–Crippen LogP) is 2.84. The molecule has 104 valence electrons. The minimum atomic E-state index is -0.983. The Morgan fingerprint density at radius 2 is 2.00 bits per heavy atom.